The van der Waals surface area contributed by atoms with Gasteiger partial charge in [-0.05, 0) is 25.7 Å². The molecule has 0 N–H and O–H groups in total. The third kappa shape index (κ3) is 4.49. The Hall–Kier alpha value is -1.10. The molecule has 2 aliphatic heterocycles. The summed E-state index contributed by atoms with van der Waals surface area (Å²) in [7, 11) is 0. The molecule has 2 saturated heterocycles. The van der Waals surface area contributed by atoms with Gasteiger partial charge in [-0.2, -0.15) is 0 Å². The Balaban J connectivity index is 1.62. The number of likely N-dealkylation sites (tertiary alicyclic amines) is 2. The molecule has 2 rings (SSSR count). The normalized spacial score (nSPS) is 21.7. The third-order valence-corrected chi connectivity index (χ3v) is 3.85. The lowest BCUT2D eigenvalue weighted by atomic mass is 10.1. The van der Waals surface area contributed by atoms with E-state index in [1.807, 2.05) is 4.90 Å². The number of carbonyl (C=O) groups excluding carboxylic acids is 2. The Kier molecular flexibility index (Phi) is 5.63. The van der Waals surface area contributed by atoms with Gasteiger partial charge in [0.1, 0.15) is 6.73 Å². The molecule has 2 aliphatic rings. The maximum absolute atomic E-state index is 11.8. The van der Waals surface area contributed by atoms with Crippen LogP contribution in [0.3, 0.4) is 0 Å². The van der Waals surface area contributed by atoms with Crippen LogP contribution in [0, 0.1) is 0 Å². The van der Waals surface area contributed by atoms with E-state index in [9.17, 15) is 9.59 Å². The molecule has 0 aromatic carbocycles. The molecule has 0 bridgehead atoms. The number of hydrogen-bond acceptors (Lipinski definition) is 3. The smallest absolute Gasteiger partial charge is 0.224 e. The molecule has 0 aromatic rings. The zero-order valence-electron chi connectivity index (χ0n) is 11.6. The van der Waals surface area contributed by atoms with E-state index in [-0.39, 0.29) is 11.8 Å². The van der Waals surface area contributed by atoms with Crippen LogP contribution in [0.4, 0.5) is 0 Å². The number of carbonyl (C=O) groups is 2. The summed E-state index contributed by atoms with van der Waals surface area (Å²) in [6.07, 6.45) is 6.64. The molecule has 0 aliphatic carbocycles. The Labute approximate surface area is 114 Å². The Morgan fingerprint density at radius 1 is 0.842 bits per heavy atom. The van der Waals surface area contributed by atoms with E-state index in [4.69, 9.17) is 4.74 Å². The first-order chi connectivity index (χ1) is 9.27. The van der Waals surface area contributed by atoms with Crippen molar-refractivity contribution in [2.75, 3.05) is 33.0 Å². The van der Waals surface area contributed by atoms with Gasteiger partial charge in [-0.25, -0.2) is 0 Å². The minimum absolute atomic E-state index is 0.192. The summed E-state index contributed by atoms with van der Waals surface area (Å²) < 4.78 is 5.55. The Morgan fingerprint density at radius 3 is 2.26 bits per heavy atom. The highest BCUT2D eigenvalue weighted by molar-refractivity contribution is 5.76. The first-order valence-corrected chi connectivity index (χ1v) is 7.40. The second kappa shape index (κ2) is 7.48. The molecule has 2 heterocycles. The van der Waals surface area contributed by atoms with Crippen molar-refractivity contribution < 1.29 is 14.3 Å². The molecule has 0 spiro atoms. The second-order valence-electron chi connectivity index (χ2n) is 5.34. The van der Waals surface area contributed by atoms with Crippen LogP contribution in [-0.4, -0.2) is 54.6 Å². The van der Waals surface area contributed by atoms with Crippen molar-refractivity contribution >= 4 is 11.8 Å². The minimum atomic E-state index is 0.192. The van der Waals surface area contributed by atoms with Gasteiger partial charge in [-0.3, -0.25) is 9.59 Å². The van der Waals surface area contributed by atoms with Crippen molar-refractivity contribution in [1.82, 2.24) is 9.80 Å². The molecule has 2 amide bonds. The standard InChI is InChI=1S/C14H24N2O3/c17-13-6-2-1-4-8-15(13)10-11-19-12-16-9-5-3-7-14(16)18/h1-12H2. The van der Waals surface area contributed by atoms with Crippen LogP contribution in [0.15, 0.2) is 0 Å². The highest BCUT2D eigenvalue weighted by atomic mass is 16.5. The molecule has 0 saturated carbocycles. The number of piperidine rings is 1. The maximum Gasteiger partial charge on any atom is 0.224 e. The highest BCUT2D eigenvalue weighted by Crippen LogP contribution is 2.12. The lowest BCUT2D eigenvalue weighted by molar-refractivity contribution is -0.140. The Bertz CT molecular complexity index is 320. The van der Waals surface area contributed by atoms with Crippen LogP contribution in [-0.2, 0) is 14.3 Å². The third-order valence-electron chi connectivity index (χ3n) is 3.85. The van der Waals surface area contributed by atoms with Crippen molar-refractivity contribution in [2.45, 2.75) is 44.9 Å². The Morgan fingerprint density at radius 2 is 1.47 bits per heavy atom. The van der Waals surface area contributed by atoms with Crippen molar-refractivity contribution in [3.8, 4) is 0 Å². The molecule has 0 atom stereocenters. The summed E-state index contributed by atoms with van der Waals surface area (Å²) in [5.41, 5.74) is 0. The van der Waals surface area contributed by atoms with Crippen molar-refractivity contribution in [2.24, 2.45) is 0 Å². The molecule has 0 radical (unpaired) electrons. The zero-order chi connectivity index (χ0) is 13.5. The van der Waals surface area contributed by atoms with Crippen molar-refractivity contribution in [1.29, 1.82) is 0 Å². The van der Waals surface area contributed by atoms with Gasteiger partial charge in [-0.15, -0.1) is 0 Å². The predicted molar refractivity (Wildman–Crippen MR) is 71.4 cm³/mol. The molecule has 0 aromatic heterocycles. The van der Waals surface area contributed by atoms with Crippen LogP contribution in [0.1, 0.15) is 44.9 Å². The number of nitrogens with zero attached hydrogens (tertiary/aromatic N) is 2. The summed E-state index contributed by atoms with van der Waals surface area (Å²) in [5.74, 6) is 0.437. The van der Waals surface area contributed by atoms with Gasteiger partial charge in [-0.1, -0.05) is 6.42 Å². The maximum atomic E-state index is 11.8. The molecule has 108 valence electrons. The van der Waals surface area contributed by atoms with Crippen LogP contribution in [0.5, 0.6) is 0 Å². The summed E-state index contributed by atoms with van der Waals surface area (Å²) in [6.45, 7) is 3.21. The SMILES string of the molecule is O=C1CCCCCN1CCOCN1CCCCC1=O. The molecule has 5 nitrogen and oxygen atoms in total. The van der Waals surface area contributed by atoms with Gasteiger partial charge in [0.05, 0.1) is 6.61 Å². The number of hydrogen-bond donors (Lipinski definition) is 0. The van der Waals surface area contributed by atoms with Gasteiger partial charge >= 0.3 is 0 Å². The van der Waals surface area contributed by atoms with Crippen molar-refractivity contribution in [3.05, 3.63) is 0 Å². The average molecular weight is 268 g/mol. The molecule has 2 fully saturated rings. The molecular formula is C14H24N2O3. The largest absolute Gasteiger partial charge is 0.359 e. The fourth-order valence-corrected chi connectivity index (χ4v) is 2.62. The predicted octanol–water partition coefficient (Wildman–Crippen LogP) is 1.38. The molecule has 0 unspecified atom stereocenters. The lowest BCUT2D eigenvalue weighted by Gasteiger charge is -2.27. The molecule has 5 heteroatoms. The van der Waals surface area contributed by atoms with Crippen LogP contribution in [0.25, 0.3) is 0 Å². The van der Waals surface area contributed by atoms with E-state index in [0.29, 0.717) is 32.7 Å². The van der Waals surface area contributed by atoms with Crippen LogP contribution >= 0.6 is 0 Å². The van der Waals surface area contributed by atoms with Gasteiger partial charge < -0.3 is 14.5 Å². The molecule has 19 heavy (non-hydrogen) atoms. The topological polar surface area (TPSA) is 49.9 Å². The summed E-state index contributed by atoms with van der Waals surface area (Å²) in [4.78, 5) is 27.0. The number of rotatable bonds is 5. The van der Waals surface area contributed by atoms with Gasteiger partial charge in [0.2, 0.25) is 11.8 Å². The fourth-order valence-electron chi connectivity index (χ4n) is 2.62. The first-order valence-electron chi connectivity index (χ1n) is 7.40. The number of ether oxygens (including phenoxy) is 1. The summed E-state index contributed by atoms with van der Waals surface area (Å²) in [6, 6.07) is 0. The van der Waals surface area contributed by atoms with E-state index in [1.165, 1.54) is 0 Å². The van der Waals surface area contributed by atoms with E-state index in [0.717, 1.165) is 45.2 Å². The molecular weight excluding hydrogens is 244 g/mol. The summed E-state index contributed by atoms with van der Waals surface area (Å²) >= 11 is 0. The monoisotopic (exact) mass is 268 g/mol. The van der Waals surface area contributed by atoms with Gasteiger partial charge in [0.25, 0.3) is 0 Å². The quantitative estimate of drug-likeness (QED) is 0.708. The van der Waals surface area contributed by atoms with Gasteiger partial charge in [0, 0.05) is 32.5 Å². The van der Waals surface area contributed by atoms with Gasteiger partial charge in [0.15, 0.2) is 0 Å². The van der Waals surface area contributed by atoms with Crippen molar-refractivity contribution in [3.63, 3.8) is 0 Å². The number of amides is 2. The minimum Gasteiger partial charge on any atom is -0.359 e. The van der Waals surface area contributed by atoms with E-state index >= 15 is 0 Å². The highest BCUT2D eigenvalue weighted by Gasteiger charge is 2.18. The first kappa shape index (κ1) is 14.3. The average Bonchev–Trinajstić information content (AvgIpc) is 2.62. The van der Waals surface area contributed by atoms with E-state index < -0.39 is 0 Å². The lowest BCUT2D eigenvalue weighted by Crippen LogP contribution is -2.38. The van der Waals surface area contributed by atoms with E-state index in [1.54, 1.807) is 4.90 Å². The second-order valence-corrected chi connectivity index (χ2v) is 5.34. The van der Waals surface area contributed by atoms with E-state index in [2.05, 4.69) is 0 Å². The van der Waals surface area contributed by atoms with Crippen LogP contribution in [0.2, 0.25) is 0 Å². The zero-order valence-corrected chi connectivity index (χ0v) is 11.6. The summed E-state index contributed by atoms with van der Waals surface area (Å²) in [5, 5.41) is 0. The fraction of sp³-hybridized carbons (Fsp3) is 0.857. The van der Waals surface area contributed by atoms with Crippen LogP contribution < -0.4 is 0 Å².